The van der Waals surface area contributed by atoms with Gasteiger partial charge in [0.1, 0.15) is 74.1 Å². The van der Waals surface area contributed by atoms with Crippen LogP contribution in [0.3, 0.4) is 0 Å². The first-order chi connectivity index (χ1) is 31.1. The van der Waals surface area contributed by atoms with E-state index in [1.165, 1.54) is 32.1 Å². The van der Waals surface area contributed by atoms with E-state index in [2.05, 4.69) is 66.0 Å². The van der Waals surface area contributed by atoms with Crippen LogP contribution in [0.2, 0.25) is 0 Å². The molecule has 0 spiro atoms. The number of rotatable bonds is 22. The summed E-state index contributed by atoms with van der Waals surface area (Å²) in [7, 11) is 0. The van der Waals surface area contributed by atoms with Crippen LogP contribution in [0.25, 0.3) is 0 Å². The van der Waals surface area contributed by atoms with Gasteiger partial charge in [-0.1, -0.05) is 141 Å². The first-order valence-corrected chi connectivity index (χ1v) is 22.2. The van der Waals surface area contributed by atoms with Crippen LogP contribution in [0.4, 0.5) is 0 Å². The van der Waals surface area contributed by atoms with Crippen molar-refractivity contribution in [2.45, 2.75) is 78.3 Å². The van der Waals surface area contributed by atoms with Crippen molar-refractivity contribution in [3.05, 3.63) is 215 Å². The molecule has 0 saturated heterocycles. The van der Waals surface area contributed by atoms with Crippen molar-refractivity contribution in [3.63, 3.8) is 0 Å². The molecule has 0 amide bonds. The van der Waals surface area contributed by atoms with Gasteiger partial charge in [-0.15, -0.1) is 0 Å². The standard InChI is InChI=1S/C56H57NO6/c1-6-16-43(17-7-1)35-57-36-48-26-51(62-41-49-28-53(58-37-44-18-8-2-9-19-44)33-54(29-49)59-38-45-20-10-3-11-21-45)32-52(27-48)63-42-50-30-55(60-39-46-22-12-4-13-23-46)34-56(31-50)61-40-47-24-14-5-15-25-47/h2-5,8-15,18-34,43,57H,1,6-7,16-17,35-42H2. The van der Waals surface area contributed by atoms with Crippen LogP contribution in [0, 0.1) is 5.92 Å². The molecule has 1 aliphatic rings. The van der Waals surface area contributed by atoms with E-state index in [1.54, 1.807) is 0 Å². The molecule has 0 aromatic heterocycles. The minimum absolute atomic E-state index is 0.311. The predicted octanol–water partition coefficient (Wildman–Crippen LogP) is 12.8. The Bertz CT molecular complexity index is 2140. The maximum Gasteiger partial charge on any atom is 0.123 e. The first-order valence-electron chi connectivity index (χ1n) is 22.2. The maximum atomic E-state index is 6.58. The van der Waals surface area contributed by atoms with E-state index in [0.717, 1.165) is 85.9 Å². The molecule has 63 heavy (non-hydrogen) atoms. The number of hydrogen-bond acceptors (Lipinski definition) is 7. The average molecular weight is 840 g/mol. The minimum atomic E-state index is 0.311. The summed E-state index contributed by atoms with van der Waals surface area (Å²) in [6.07, 6.45) is 6.58. The molecule has 7 aromatic rings. The molecule has 1 aliphatic carbocycles. The maximum absolute atomic E-state index is 6.58. The Morgan fingerprint density at radius 1 is 0.317 bits per heavy atom. The number of benzene rings is 7. The summed E-state index contributed by atoms with van der Waals surface area (Å²) in [6, 6.07) is 58.9. The summed E-state index contributed by atoms with van der Waals surface area (Å²) in [5, 5.41) is 3.74. The van der Waals surface area contributed by atoms with Gasteiger partial charge in [0, 0.05) is 24.7 Å². The molecule has 1 fully saturated rings. The van der Waals surface area contributed by atoms with Gasteiger partial charge in [-0.2, -0.15) is 0 Å². The Balaban J connectivity index is 0.996. The summed E-state index contributed by atoms with van der Waals surface area (Å²) < 4.78 is 38.3. The third-order valence-corrected chi connectivity index (χ3v) is 11.1. The Hall–Kier alpha value is -6.70. The van der Waals surface area contributed by atoms with E-state index in [1.807, 2.05) is 115 Å². The van der Waals surface area contributed by atoms with Gasteiger partial charge in [0.15, 0.2) is 0 Å². The fourth-order valence-electron chi connectivity index (χ4n) is 7.77. The SMILES string of the molecule is c1ccc(COc2cc(COc3cc(CNCC4CCCCC4)cc(OCc4cc(OCc5ccccc5)cc(OCc5ccccc5)c4)c3)cc(OCc3ccccc3)c2)cc1. The van der Waals surface area contributed by atoms with Crippen molar-refractivity contribution in [2.24, 2.45) is 5.92 Å². The largest absolute Gasteiger partial charge is 0.489 e. The number of nitrogens with one attached hydrogen (secondary N) is 1. The predicted molar refractivity (Wildman–Crippen MR) is 249 cm³/mol. The molecule has 8 rings (SSSR count). The summed E-state index contributed by atoms with van der Waals surface area (Å²) in [5.41, 5.74) is 7.33. The molecule has 1 N–H and O–H groups in total. The number of hydrogen-bond donors (Lipinski definition) is 1. The lowest BCUT2D eigenvalue weighted by Gasteiger charge is -2.22. The second kappa shape index (κ2) is 22.9. The fourth-order valence-corrected chi connectivity index (χ4v) is 7.77. The second-order valence-corrected chi connectivity index (χ2v) is 16.2. The Morgan fingerprint density at radius 3 is 0.921 bits per heavy atom. The van der Waals surface area contributed by atoms with E-state index in [0.29, 0.717) is 46.2 Å². The zero-order valence-electron chi connectivity index (χ0n) is 36.0. The van der Waals surface area contributed by atoms with Crippen molar-refractivity contribution >= 4 is 0 Å². The van der Waals surface area contributed by atoms with Crippen LogP contribution in [0.5, 0.6) is 34.5 Å². The van der Waals surface area contributed by atoms with E-state index in [4.69, 9.17) is 28.4 Å². The molecular formula is C56H57NO6. The average Bonchev–Trinajstić information content (AvgIpc) is 3.34. The highest BCUT2D eigenvalue weighted by molar-refractivity contribution is 5.42. The molecule has 0 unspecified atom stereocenters. The number of ether oxygens (including phenoxy) is 6. The van der Waals surface area contributed by atoms with E-state index in [9.17, 15) is 0 Å². The van der Waals surface area contributed by atoms with Crippen LogP contribution in [-0.2, 0) is 46.2 Å². The van der Waals surface area contributed by atoms with Gasteiger partial charge >= 0.3 is 0 Å². The second-order valence-electron chi connectivity index (χ2n) is 16.2. The molecule has 7 aromatic carbocycles. The molecule has 0 radical (unpaired) electrons. The van der Waals surface area contributed by atoms with Gasteiger partial charge in [0.2, 0.25) is 0 Å². The molecule has 7 heteroatoms. The highest BCUT2D eigenvalue weighted by Gasteiger charge is 2.14. The molecular weight excluding hydrogens is 783 g/mol. The molecule has 0 heterocycles. The van der Waals surface area contributed by atoms with Crippen LogP contribution in [-0.4, -0.2) is 6.54 Å². The van der Waals surface area contributed by atoms with Crippen molar-refractivity contribution in [2.75, 3.05) is 6.54 Å². The van der Waals surface area contributed by atoms with Crippen LogP contribution >= 0.6 is 0 Å². The summed E-state index contributed by atoms with van der Waals surface area (Å²) in [6.45, 7) is 4.13. The quantitative estimate of drug-likeness (QED) is 0.0729. The first kappa shape index (κ1) is 43.0. The molecule has 0 aliphatic heterocycles. The Labute approximate surface area is 372 Å². The normalized spacial score (nSPS) is 12.6. The van der Waals surface area contributed by atoms with Gasteiger partial charge in [-0.05, 0) is 101 Å². The van der Waals surface area contributed by atoms with Crippen LogP contribution < -0.4 is 33.7 Å². The summed E-state index contributed by atoms with van der Waals surface area (Å²) in [4.78, 5) is 0. The monoisotopic (exact) mass is 839 g/mol. The van der Waals surface area contributed by atoms with Gasteiger partial charge in [0.25, 0.3) is 0 Å². The Morgan fingerprint density at radius 2 is 0.603 bits per heavy atom. The van der Waals surface area contributed by atoms with Crippen molar-refractivity contribution in [1.82, 2.24) is 5.32 Å². The third-order valence-electron chi connectivity index (χ3n) is 11.1. The smallest absolute Gasteiger partial charge is 0.123 e. The van der Waals surface area contributed by atoms with E-state index in [-0.39, 0.29) is 0 Å². The minimum Gasteiger partial charge on any atom is -0.489 e. The fraction of sp³-hybridized carbons (Fsp3) is 0.250. The molecule has 322 valence electrons. The van der Waals surface area contributed by atoms with Gasteiger partial charge in [-0.25, -0.2) is 0 Å². The lowest BCUT2D eigenvalue weighted by atomic mass is 9.89. The van der Waals surface area contributed by atoms with Crippen molar-refractivity contribution in [1.29, 1.82) is 0 Å². The van der Waals surface area contributed by atoms with Gasteiger partial charge in [-0.3, -0.25) is 0 Å². The lowest BCUT2D eigenvalue weighted by molar-refractivity contribution is 0.275. The van der Waals surface area contributed by atoms with E-state index < -0.39 is 0 Å². The van der Waals surface area contributed by atoms with Gasteiger partial charge < -0.3 is 33.7 Å². The summed E-state index contributed by atoms with van der Waals surface area (Å²) >= 11 is 0. The van der Waals surface area contributed by atoms with Crippen LogP contribution in [0.15, 0.2) is 176 Å². The third kappa shape index (κ3) is 14.2. The topological polar surface area (TPSA) is 67.4 Å². The summed E-state index contributed by atoms with van der Waals surface area (Å²) in [5.74, 6) is 5.03. The van der Waals surface area contributed by atoms with Crippen molar-refractivity contribution in [3.8, 4) is 34.5 Å². The molecule has 0 atom stereocenters. The van der Waals surface area contributed by atoms with Crippen molar-refractivity contribution < 1.29 is 28.4 Å². The Kier molecular flexibility index (Phi) is 15.6. The zero-order valence-corrected chi connectivity index (χ0v) is 36.0. The molecule has 0 bridgehead atoms. The highest BCUT2D eigenvalue weighted by Crippen LogP contribution is 2.31. The highest BCUT2D eigenvalue weighted by atomic mass is 16.5. The zero-order chi connectivity index (χ0) is 42.7. The molecule has 1 saturated carbocycles. The lowest BCUT2D eigenvalue weighted by Crippen LogP contribution is -2.24. The van der Waals surface area contributed by atoms with Gasteiger partial charge in [0.05, 0.1) is 0 Å². The molecule has 7 nitrogen and oxygen atoms in total. The van der Waals surface area contributed by atoms with Crippen LogP contribution in [0.1, 0.15) is 71.0 Å². The van der Waals surface area contributed by atoms with E-state index >= 15 is 0 Å².